The topological polar surface area (TPSA) is 0 Å². The zero-order valence-electron chi connectivity index (χ0n) is 8.79. The molecule has 0 aliphatic heterocycles. The third-order valence-corrected chi connectivity index (χ3v) is 19.9. The molecule has 0 unspecified atom stereocenters. The zero-order valence-corrected chi connectivity index (χ0v) is 16.1. The van der Waals surface area contributed by atoms with Gasteiger partial charge in [-0.1, -0.05) is 0 Å². The Morgan fingerprint density at radius 2 is 1.36 bits per heavy atom. The minimum atomic E-state index is -1.49. The normalized spacial score (nSPS) is 19.7. The molecule has 2 aliphatic rings. The van der Waals surface area contributed by atoms with Crippen LogP contribution < -0.4 is 0 Å². The second-order valence-electron chi connectivity index (χ2n) is 4.27. The Hall–Kier alpha value is 0.588. The monoisotopic (exact) mass is 320 g/mol. The Kier molecular flexibility index (Phi) is 4.59. The Morgan fingerprint density at radius 1 is 0.929 bits per heavy atom. The molecule has 0 bridgehead atoms. The second kappa shape index (κ2) is 5.08. The van der Waals surface area contributed by atoms with Gasteiger partial charge in [-0.3, -0.25) is 0 Å². The summed E-state index contributed by atoms with van der Waals surface area (Å²) in [4.78, 5) is 0. The van der Waals surface area contributed by atoms with E-state index in [0.717, 1.165) is 0 Å². The van der Waals surface area contributed by atoms with Gasteiger partial charge >= 0.3 is 88.4 Å². The van der Waals surface area contributed by atoms with Gasteiger partial charge < -0.3 is 0 Å². The van der Waals surface area contributed by atoms with Crippen LogP contribution in [0.15, 0.2) is 44.2 Å². The Bertz CT molecular complexity index is 308. The second-order valence-corrected chi connectivity index (χ2v) is 36.1. The average molecular weight is 321 g/mol. The standard InChI is InChI=1S/2C5H5.BrH.2H3Si.Ti/c2*1-2-4-5-3-1;;;;/h2*1-3H,4H2;1H;2*1H3;. The Morgan fingerprint density at radius 3 is 1.64 bits per heavy atom. The summed E-state index contributed by atoms with van der Waals surface area (Å²) in [6.07, 6.45) is 16.6. The van der Waals surface area contributed by atoms with E-state index in [1.165, 1.54) is 29.1 Å². The molecule has 0 nitrogen and oxygen atoms in total. The SMILES string of the molecule is Br.[SiH3][Ti]([SiH3])([C]1=CC=CC1)[C]1=CC=CC1. The van der Waals surface area contributed by atoms with Crippen LogP contribution in [-0.2, 0) is 15.1 Å². The van der Waals surface area contributed by atoms with Gasteiger partial charge in [0.05, 0.1) is 0 Å². The predicted molar refractivity (Wildman–Crippen MR) is 73.9 cm³/mol. The van der Waals surface area contributed by atoms with Crippen molar-refractivity contribution in [3.05, 3.63) is 44.2 Å². The van der Waals surface area contributed by atoms with Crippen LogP contribution in [0.5, 0.6) is 0 Å². The molecule has 0 atom stereocenters. The van der Waals surface area contributed by atoms with E-state index in [4.69, 9.17) is 0 Å². The van der Waals surface area contributed by atoms with E-state index in [2.05, 4.69) is 36.5 Å². The molecule has 2 aliphatic carbocycles. The molecular formula is C10H17BrSi2Ti. The van der Waals surface area contributed by atoms with Crippen molar-refractivity contribution in [2.75, 3.05) is 0 Å². The number of hydrogen-bond donors (Lipinski definition) is 0. The van der Waals surface area contributed by atoms with Crippen LogP contribution in [0.1, 0.15) is 12.8 Å². The first kappa shape index (κ1) is 12.7. The van der Waals surface area contributed by atoms with Crippen LogP contribution in [-0.4, -0.2) is 16.2 Å². The van der Waals surface area contributed by atoms with E-state index < -0.39 is 15.1 Å². The van der Waals surface area contributed by atoms with E-state index in [-0.39, 0.29) is 17.0 Å². The summed E-state index contributed by atoms with van der Waals surface area (Å²) >= 11 is -1.49. The molecular weight excluding hydrogens is 304 g/mol. The first-order valence-electron chi connectivity index (χ1n) is 4.93. The zero-order chi connectivity index (χ0) is 9.31. The van der Waals surface area contributed by atoms with Gasteiger partial charge in [-0.15, -0.1) is 17.0 Å². The molecule has 0 aromatic rings. The van der Waals surface area contributed by atoms with Crippen molar-refractivity contribution in [3.8, 4) is 0 Å². The van der Waals surface area contributed by atoms with Crippen LogP contribution in [0.4, 0.5) is 0 Å². The molecule has 76 valence electrons. The van der Waals surface area contributed by atoms with E-state index in [1.54, 1.807) is 0 Å². The van der Waals surface area contributed by atoms with Gasteiger partial charge in [-0.25, -0.2) is 0 Å². The third kappa shape index (κ3) is 2.39. The van der Waals surface area contributed by atoms with Crippen molar-refractivity contribution in [1.82, 2.24) is 0 Å². The van der Waals surface area contributed by atoms with E-state index in [1.807, 2.05) is 7.76 Å². The van der Waals surface area contributed by atoms with Crippen molar-refractivity contribution in [2.24, 2.45) is 0 Å². The molecule has 0 saturated heterocycles. The average Bonchev–Trinajstić information content (AvgIpc) is 2.78. The van der Waals surface area contributed by atoms with Crippen molar-refractivity contribution < 1.29 is 15.1 Å². The van der Waals surface area contributed by atoms with Gasteiger partial charge in [-0.05, 0) is 0 Å². The molecule has 0 radical (unpaired) electrons. The fourth-order valence-corrected chi connectivity index (χ4v) is 12.4. The molecule has 0 saturated carbocycles. The summed E-state index contributed by atoms with van der Waals surface area (Å²) in [6.45, 7) is 0. The summed E-state index contributed by atoms with van der Waals surface area (Å²) in [5.74, 6) is 0. The quantitative estimate of drug-likeness (QED) is 0.665. The van der Waals surface area contributed by atoms with E-state index >= 15 is 0 Å². The summed E-state index contributed by atoms with van der Waals surface area (Å²) in [5.41, 5.74) is 0. The molecule has 4 heteroatoms. The van der Waals surface area contributed by atoms with Crippen LogP contribution in [0.2, 0.25) is 0 Å². The molecule has 0 fully saturated rings. The third-order valence-electron chi connectivity index (χ3n) is 3.15. The van der Waals surface area contributed by atoms with Crippen LogP contribution in [0.25, 0.3) is 0 Å². The number of hydrogen-bond acceptors (Lipinski definition) is 0. The molecule has 0 heterocycles. The Balaban J connectivity index is 0.000000980. The fourth-order valence-electron chi connectivity index (χ4n) is 2.03. The molecule has 0 spiro atoms. The van der Waals surface area contributed by atoms with Crippen LogP contribution in [0.3, 0.4) is 0 Å². The molecule has 0 aromatic carbocycles. The number of rotatable bonds is 2. The first-order valence-corrected chi connectivity index (χ1v) is 17.9. The fraction of sp³-hybridized carbons (Fsp3) is 0.200. The summed E-state index contributed by atoms with van der Waals surface area (Å²) in [6, 6.07) is 0. The van der Waals surface area contributed by atoms with Crippen molar-refractivity contribution in [1.29, 1.82) is 0 Å². The molecule has 0 aromatic heterocycles. The summed E-state index contributed by atoms with van der Waals surface area (Å²) < 4.78 is 3.71. The van der Waals surface area contributed by atoms with Crippen molar-refractivity contribution in [3.63, 3.8) is 0 Å². The van der Waals surface area contributed by atoms with E-state index in [9.17, 15) is 0 Å². The van der Waals surface area contributed by atoms with Crippen LogP contribution in [0, 0.1) is 0 Å². The van der Waals surface area contributed by atoms with Crippen molar-refractivity contribution >= 4 is 33.2 Å². The maximum absolute atomic E-state index is 2.42. The van der Waals surface area contributed by atoms with Gasteiger partial charge in [0.2, 0.25) is 0 Å². The molecule has 0 amide bonds. The van der Waals surface area contributed by atoms with E-state index in [0.29, 0.717) is 0 Å². The summed E-state index contributed by atoms with van der Waals surface area (Å²) in [7, 11) is 2.93. The minimum absolute atomic E-state index is 0. The van der Waals surface area contributed by atoms with Crippen LogP contribution >= 0.6 is 17.0 Å². The van der Waals surface area contributed by atoms with Gasteiger partial charge in [0.25, 0.3) is 0 Å². The van der Waals surface area contributed by atoms with Gasteiger partial charge in [-0.2, -0.15) is 0 Å². The molecule has 14 heavy (non-hydrogen) atoms. The maximum atomic E-state index is 2.42. The molecule has 2 rings (SSSR count). The van der Waals surface area contributed by atoms with Crippen molar-refractivity contribution in [2.45, 2.75) is 12.8 Å². The van der Waals surface area contributed by atoms with Gasteiger partial charge in [0.15, 0.2) is 0 Å². The first-order chi connectivity index (χ1) is 6.21. The summed E-state index contributed by atoms with van der Waals surface area (Å²) in [5, 5.41) is 0. The van der Waals surface area contributed by atoms with Gasteiger partial charge in [0.1, 0.15) is 0 Å². The van der Waals surface area contributed by atoms with Gasteiger partial charge in [0, 0.05) is 0 Å². The number of halogens is 1. The molecule has 0 N–H and O–H groups in total. The Labute approximate surface area is 105 Å². The predicted octanol–water partition coefficient (Wildman–Crippen LogP) is 0.967. The number of allylic oxidation sites excluding steroid dienone is 8.